The van der Waals surface area contributed by atoms with Crippen LogP contribution in [0.1, 0.15) is 12.5 Å². The zero-order valence-corrected chi connectivity index (χ0v) is 17.3. The molecule has 152 valence electrons. The quantitative estimate of drug-likeness (QED) is 0.590. The van der Waals surface area contributed by atoms with Crippen LogP contribution in [0.3, 0.4) is 0 Å². The van der Waals surface area contributed by atoms with E-state index in [4.69, 9.17) is 33.1 Å². The Morgan fingerprint density at radius 3 is 2.81 bits per heavy atom. The van der Waals surface area contributed by atoms with E-state index in [-0.39, 0.29) is 11.9 Å². The number of primary sulfonamides is 1. The monoisotopic (exact) mass is 438 g/mol. The minimum atomic E-state index is -3.64. The van der Waals surface area contributed by atoms with Crippen molar-refractivity contribution in [1.82, 2.24) is 15.5 Å². The van der Waals surface area contributed by atoms with Gasteiger partial charge in [0.25, 0.3) is 0 Å². The maximum Gasteiger partial charge on any atom is 0.315 e. The number of hydrogen-bond acceptors (Lipinski definition) is 5. The molecular weight excluding hydrogens is 415 g/mol. The number of benzene rings is 1. The zero-order valence-electron chi connectivity index (χ0n) is 15.0. The van der Waals surface area contributed by atoms with Crippen molar-refractivity contribution in [1.29, 1.82) is 0 Å². The minimum absolute atomic E-state index is 0.166. The van der Waals surface area contributed by atoms with Gasteiger partial charge in [-0.05, 0) is 24.6 Å². The number of urea groups is 1. The fourth-order valence-corrected chi connectivity index (χ4v) is 3.92. The first-order valence-corrected chi connectivity index (χ1v) is 10.9. The molecule has 0 aliphatic carbocycles. The van der Waals surface area contributed by atoms with Crippen LogP contribution in [-0.2, 0) is 21.3 Å². The van der Waals surface area contributed by atoms with E-state index in [1.54, 1.807) is 13.0 Å². The number of nitrogens with two attached hydrogens (primary N) is 1. The molecular formula is C16H24Cl2N4O4S. The van der Waals surface area contributed by atoms with Crippen LogP contribution in [0.25, 0.3) is 0 Å². The van der Waals surface area contributed by atoms with Crippen LogP contribution in [0.4, 0.5) is 4.79 Å². The van der Waals surface area contributed by atoms with Crippen molar-refractivity contribution >= 4 is 39.3 Å². The fraction of sp³-hybridized carbons (Fsp3) is 0.562. The normalized spacial score (nSPS) is 19.5. The lowest BCUT2D eigenvalue weighted by Gasteiger charge is -2.33. The van der Waals surface area contributed by atoms with E-state index < -0.39 is 22.1 Å². The molecule has 2 amide bonds. The molecule has 4 N–H and O–H groups in total. The summed E-state index contributed by atoms with van der Waals surface area (Å²) in [5, 5.41) is 11.2. The van der Waals surface area contributed by atoms with Gasteiger partial charge in [-0.1, -0.05) is 29.3 Å². The molecule has 0 saturated carbocycles. The van der Waals surface area contributed by atoms with Crippen LogP contribution in [-0.4, -0.2) is 63.5 Å². The highest BCUT2D eigenvalue weighted by molar-refractivity contribution is 7.89. The molecule has 2 unspecified atom stereocenters. The van der Waals surface area contributed by atoms with Crippen molar-refractivity contribution in [2.75, 3.05) is 32.0 Å². The molecule has 11 heteroatoms. The molecule has 1 aromatic carbocycles. The van der Waals surface area contributed by atoms with Gasteiger partial charge in [0, 0.05) is 32.2 Å². The lowest BCUT2D eigenvalue weighted by Crippen LogP contribution is -2.50. The second kappa shape index (κ2) is 9.90. The third-order valence-corrected chi connectivity index (χ3v) is 5.67. The lowest BCUT2D eigenvalue weighted by atomic mass is 10.2. The van der Waals surface area contributed by atoms with Crippen LogP contribution < -0.4 is 15.8 Å². The lowest BCUT2D eigenvalue weighted by molar-refractivity contribution is -0.0287. The van der Waals surface area contributed by atoms with Crippen molar-refractivity contribution in [3.63, 3.8) is 0 Å². The molecule has 27 heavy (non-hydrogen) atoms. The van der Waals surface area contributed by atoms with Crippen molar-refractivity contribution in [2.24, 2.45) is 5.14 Å². The Morgan fingerprint density at radius 2 is 2.15 bits per heavy atom. The van der Waals surface area contributed by atoms with Gasteiger partial charge in [-0.25, -0.2) is 18.4 Å². The molecule has 1 aromatic rings. The molecule has 8 nitrogen and oxygen atoms in total. The van der Waals surface area contributed by atoms with Gasteiger partial charge < -0.3 is 15.4 Å². The first kappa shape index (κ1) is 22.2. The van der Waals surface area contributed by atoms with Crippen molar-refractivity contribution in [3.05, 3.63) is 33.8 Å². The summed E-state index contributed by atoms with van der Waals surface area (Å²) in [6, 6.07) is 4.49. The number of hydrogen-bond donors (Lipinski definition) is 3. The van der Waals surface area contributed by atoms with Crippen LogP contribution in [0.5, 0.6) is 0 Å². The summed E-state index contributed by atoms with van der Waals surface area (Å²) >= 11 is 12.0. The Labute approximate surface area is 169 Å². The van der Waals surface area contributed by atoms with Gasteiger partial charge in [0.15, 0.2) is 0 Å². The van der Waals surface area contributed by atoms with Gasteiger partial charge in [0.2, 0.25) is 10.0 Å². The van der Waals surface area contributed by atoms with Crippen LogP contribution >= 0.6 is 23.2 Å². The molecule has 1 aliphatic rings. The second-order valence-electron chi connectivity index (χ2n) is 6.56. The number of sulfonamides is 1. The Bertz CT molecular complexity index is 763. The average molecular weight is 439 g/mol. The molecule has 2 atom stereocenters. The number of nitrogens with zero attached hydrogens (tertiary/aromatic N) is 1. The molecule has 0 radical (unpaired) electrons. The highest BCUT2D eigenvalue weighted by Gasteiger charge is 2.22. The summed E-state index contributed by atoms with van der Waals surface area (Å²) < 4.78 is 27.7. The largest absolute Gasteiger partial charge is 0.374 e. The summed E-state index contributed by atoms with van der Waals surface area (Å²) in [5.74, 6) is -0.322. The Morgan fingerprint density at radius 1 is 1.41 bits per heavy atom. The van der Waals surface area contributed by atoms with E-state index in [2.05, 4.69) is 15.5 Å². The number of rotatable bonds is 7. The van der Waals surface area contributed by atoms with E-state index in [0.29, 0.717) is 36.3 Å². The summed E-state index contributed by atoms with van der Waals surface area (Å²) in [7, 11) is -3.64. The first-order valence-electron chi connectivity index (χ1n) is 8.45. The summed E-state index contributed by atoms with van der Waals surface area (Å²) in [6.07, 6.45) is -0.166. The number of nitrogens with one attached hydrogen (secondary N) is 2. The number of carbonyl (C=O) groups is 1. The van der Waals surface area contributed by atoms with Gasteiger partial charge in [-0.15, -0.1) is 0 Å². The maximum absolute atomic E-state index is 11.9. The van der Waals surface area contributed by atoms with Crippen molar-refractivity contribution in [3.8, 4) is 0 Å². The third kappa shape index (κ3) is 8.20. The first-order chi connectivity index (χ1) is 12.6. The molecule has 0 aromatic heterocycles. The number of halogens is 2. The number of morpholine rings is 1. The minimum Gasteiger partial charge on any atom is -0.374 e. The van der Waals surface area contributed by atoms with Crippen LogP contribution in [0.2, 0.25) is 10.0 Å². The summed E-state index contributed by atoms with van der Waals surface area (Å²) in [6.45, 7) is 4.55. The van der Waals surface area contributed by atoms with Gasteiger partial charge >= 0.3 is 6.03 Å². The molecule has 1 heterocycles. The van der Waals surface area contributed by atoms with Crippen LogP contribution in [0, 0.1) is 0 Å². The summed E-state index contributed by atoms with van der Waals surface area (Å²) in [4.78, 5) is 14.1. The molecule has 1 saturated heterocycles. The van der Waals surface area contributed by atoms with Crippen LogP contribution in [0.15, 0.2) is 18.2 Å². The third-order valence-electron chi connectivity index (χ3n) is 3.96. The van der Waals surface area contributed by atoms with E-state index in [9.17, 15) is 13.2 Å². The molecule has 1 aliphatic heterocycles. The average Bonchev–Trinajstić information content (AvgIpc) is 2.55. The fourth-order valence-electron chi connectivity index (χ4n) is 2.82. The van der Waals surface area contributed by atoms with Crippen molar-refractivity contribution < 1.29 is 17.9 Å². The SMILES string of the molecule is CC(CS(N)(=O)=O)NC(=O)NCC1CN(Cc2ccc(Cl)c(Cl)c2)CCO1. The van der Waals surface area contributed by atoms with E-state index in [1.807, 2.05) is 12.1 Å². The maximum atomic E-state index is 11.9. The zero-order chi connectivity index (χ0) is 20.0. The number of carbonyl (C=O) groups excluding carboxylic acids is 1. The topological polar surface area (TPSA) is 114 Å². The highest BCUT2D eigenvalue weighted by atomic mass is 35.5. The smallest absolute Gasteiger partial charge is 0.315 e. The second-order valence-corrected chi connectivity index (χ2v) is 9.03. The Balaban J connectivity index is 1.77. The summed E-state index contributed by atoms with van der Waals surface area (Å²) in [5.41, 5.74) is 1.05. The van der Waals surface area contributed by atoms with Crippen molar-refractivity contribution in [2.45, 2.75) is 25.6 Å². The van der Waals surface area contributed by atoms with Gasteiger partial charge in [-0.2, -0.15) is 0 Å². The predicted molar refractivity (Wildman–Crippen MR) is 105 cm³/mol. The van der Waals surface area contributed by atoms with Gasteiger partial charge in [0.05, 0.1) is 28.5 Å². The molecule has 0 spiro atoms. The molecule has 0 bridgehead atoms. The van der Waals surface area contributed by atoms with Gasteiger partial charge in [0.1, 0.15) is 0 Å². The molecule has 1 fully saturated rings. The van der Waals surface area contributed by atoms with E-state index in [1.165, 1.54) is 0 Å². The van der Waals surface area contributed by atoms with Gasteiger partial charge in [-0.3, -0.25) is 4.90 Å². The van der Waals surface area contributed by atoms with E-state index >= 15 is 0 Å². The Hall–Kier alpha value is -1.10. The molecule has 2 rings (SSSR count). The Kier molecular flexibility index (Phi) is 8.14. The highest BCUT2D eigenvalue weighted by Crippen LogP contribution is 2.23. The van der Waals surface area contributed by atoms with E-state index in [0.717, 1.165) is 12.1 Å². The predicted octanol–water partition coefficient (Wildman–Crippen LogP) is 1.17. The standard InChI is InChI=1S/C16H24Cl2N4O4S/c1-11(10-27(19,24)25)21-16(23)20-7-13-9-22(4-5-26-13)8-12-2-3-14(17)15(18)6-12/h2-3,6,11,13H,4-5,7-10H2,1H3,(H2,19,24,25)(H2,20,21,23). The number of ether oxygens (including phenoxy) is 1. The number of amides is 2.